The average molecular weight is 538 g/mol. The van der Waals surface area contributed by atoms with Gasteiger partial charge in [-0.25, -0.2) is 18.4 Å². The summed E-state index contributed by atoms with van der Waals surface area (Å²) in [5.41, 5.74) is 3.51. The fourth-order valence-electron chi connectivity index (χ4n) is 4.74. The molecule has 200 valence electrons. The third kappa shape index (κ3) is 6.21. The molecule has 9 nitrogen and oxygen atoms in total. The van der Waals surface area contributed by atoms with Gasteiger partial charge in [-0.2, -0.15) is 0 Å². The largest absolute Gasteiger partial charge is 0.507 e. The molecule has 1 aliphatic rings. The number of rotatable bonds is 8. The Labute approximate surface area is 222 Å². The molecule has 10 heteroatoms. The van der Waals surface area contributed by atoms with Crippen LogP contribution in [0.15, 0.2) is 71.6 Å². The van der Waals surface area contributed by atoms with Gasteiger partial charge in [-0.1, -0.05) is 30.3 Å². The van der Waals surface area contributed by atoms with Gasteiger partial charge in [0.15, 0.2) is 0 Å². The Hall–Kier alpha value is -3.73. The highest BCUT2D eigenvalue weighted by atomic mass is 32.2. The quantitative estimate of drug-likeness (QED) is 0.375. The highest BCUT2D eigenvalue weighted by Gasteiger charge is 2.31. The first-order valence-electron chi connectivity index (χ1n) is 12.2. The predicted molar refractivity (Wildman–Crippen MR) is 143 cm³/mol. The molecule has 1 aliphatic heterocycles. The van der Waals surface area contributed by atoms with Gasteiger partial charge in [0, 0.05) is 18.2 Å². The molecule has 1 heterocycles. The minimum atomic E-state index is -3.92. The topological polar surface area (TPSA) is 139 Å². The maximum absolute atomic E-state index is 13.2. The van der Waals surface area contributed by atoms with Gasteiger partial charge in [-0.15, -0.1) is 0 Å². The third-order valence-corrected chi connectivity index (χ3v) is 7.69. The molecule has 0 radical (unpaired) electrons. The molecule has 0 aliphatic carbocycles. The Bertz CT molecular complexity index is 1440. The second-order valence-corrected chi connectivity index (χ2v) is 11.0. The van der Waals surface area contributed by atoms with Gasteiger partial charge in [0.2, 0.25) is 15.9 Å². The number of phenolic OH excluding ortho intramolecular Hbond substituents is 1. The summed E-state index contributed by atoms with van der Waals surface area (Å²) >= 11 is 0. The van der Waals surface area contributed by atoms with Gasteiger partial charge in [0.05, 0.1) is 29.7 Å². The molecule has 0 unspecified atom stereocenters. The van der Waals surface area contributed by atoms with Gasteiger partial charge >= 0.3 is 5.97 Å². The number of nitrogens with zero attached hydrogens (tertiary/aromatic N) is 1. The first kappa shape index (κ1) is 27.3. The number of carbonyl (C=O) groups excluding carboxylic acids is 2. The minimum Gasteiger partial charge on any atom is -0.507 e. The highest BCUT2D eigenvalue weighted by molar-refractivity contribution is 7.89. The van der Waals surface area contributed by atoms with Crippen molar-refractivity contribution in [2.75, 3.05) is 13.7 Å². The van der Waals surface area contributed by atoms with Gasteiger partial charge in [0.1, 0.15) is 5.75 Å². The molecular formula is C28H31N3O6S. The number of amides is 1. The monoisotopic (exact) mass is 537 g/mol. The number of likely N-dealkylation sites (tertiary alicyclic amines) is 1. The molecule has 0 spiro atoms. The van der Waals surface area contributed by atoms with E-state index in [4.69, 9.17) is 9.88 Å². The van der Waals surface area contributed by atoms with Crippen molar-refractivity contribution in [3.8, 4) is 16.9 Å². The number of ether oxygens (including phenoxy) is 1. The van der Waals surface area contributed by atoms with Gasteiger partial charge in [-0.3, -0.25) is 9.69 Å². The molecule has 3 aromatic carbocycles. The third-order valence-electron chi connectivity index (χ3n) is 6.78. The minimum absolute atomic E-state index is 0.0561. The number of sulfonamides is 1. The molecule has 38 heavy (non-hydrogen) atoms. The summed E-state index contributed by atoms with van der Waals surface area (Å²) in [5.74, 6) is -0.644. The Morgan fingerprint density at radius 2 is 1.87 bits per heavy atom. The number of nitrogens with two attached hydrogens (primary N) is 1. The number of carbonyl (C=O) groups is 2. The number of benzene rings is 3. The zero-order valence-corrected chi connectivity index (χ0v) is 22.1. The van der Waals surface area contributed by atoms with Crippen molar-refractivity contribution in [3.05, 3.63) is 83.4 Å². The second-order valence-electron chi connectivity index (χ2n) is 9.40. The molecule has 1 fully saturated rings. The van der Waals surface area contributed by atoms with Crippen LogP contribution in [0.5, 0.6) is 5.75 Å². The van der Waals surface area contributed by atoms with E-state index in [-0.39, 0.29) is 28.6 Å². The maximum Gasteiger partial charge on any atom is 0.337 e. The van der Waals surface area contributed by atoms with Gasteiger partial charge < -0.3 is 15.2 Å². The van der Waals surface area contributed by atoms with E-state index in [0.717, 1.165) is 42.1 Å². The van der Waals surface area contributed by atoms with E-state index in [9.17, 15) is 23.1 Å². The molecule has 0 aromatic heterocycles. The van der Waals surface area contributed by atoms with Crippen LogP contribution in [-0.2, 0) is 26.1 Å². The number of aromatic hydroxyl groups is 1. The smallest absolute Gasteiger partial charge is 0.337 e. The SMILES string of the molecule is COC(=O)c1ccc([C@H](C)NC(=O)[C@H]2CCCN2Cc2cccc(-c3ccc(S(N)(=O)=O)cc3O)c2)cc1. The van der Waals surface area contributed by atoms with Crippen LogP contribution in [0.3, 0.4) is 0 Å². The molecule has 3 aromatic rings. The van der Waals surface area contributed by atoms with Crippen LogP contribution in [0.1, 0.15) is 47.3 Å². The first-order chi connectivity index (χ1) is 18.1. The standard InChI is InChI=1S/C28H31N3O6S/c1-18(20-8-10-21(11-9-20)28(34)37-2)30-27(33)25-7-4-14-31(25)17-19-5-3-6-22(15-19)24-13-12-23(16-26(24)32)38(29,35)36/h3,5-6,8-13,15-16,18,25,32H,4,7,14,17H2,1-2H3,(H,30,33)(H2,29,35,36)/t18-,25+/m0/s1. The van der Waals surface area contributed by atoms with Gasteiger partial charge in [-0.05, 0) is 73.3 Å². The molecule has 0 saturated carbocycles. The average Bonchev–Trinajstić information content (AvgIpc) is 3.36. The van der Waals surface area contributed by atoms with Crippen molar-refractivity contribution >= 4 is 21.9 Å². The fourth-order valence-corrected chi connectivity index (χ4v) is 5.27. The molecular weight excluding hydrogens is 506 g/mol. The van der Waals surface area contributed by atoms with Crippen LogP contribution in [0, 0.1) is 0 Å². The number of esters is 1. The summed E-state index contributed by atoms with van der Waals surface area (Å²) in [5, 5.41) is 18.7. The Kier molecular flexibility index (Phi) is 8.15. The lowest BCUT2D eigenvalue weighted by Gasteiger charge is -2.26. The van der Waals surface area contributed by atoms with Crippen molar-refractivity contribution in [1.29, 1.82) is 0 Å². The molecule has 2 atom stereocenters. The van der Waals surface area contributed by atoms with E-state index in [1.165, 1.54) is 19.2 Å². The summed E-state index contributed by atoms with van der Waals surface area (Å²) in [6.07, 6.45) is 1.64. The van der Waals surface area contributed by atoms with E-state index < -0.39 is 16.0 Å². The van der Waals surface area contributed by atoms with Crippen molar-refractivity contribution < 1.29 is 27.9 Å². The summed E-state index contributed by atoms with van der Waals surface area (Å²) in [7, 11) is -2.58. The van der Waals surface area contributed by atoms with Crippen LogP contribution < -0.4 is 10.5 Å². The number of nitrogens with one attached hydrogen (secondary N) is 1. The number of phenols is 1. The van der Waals surface area contributed by atoms with Gasteiger partial charge in [0.25, 0.3) is 0 Å². The number of hydrogen-bond acceptors (Lipinski definition) is 7. The lowest BCUT2D eigenvalue weighted by Crippen LogP contribution is -2.43. The molecule has 4 N–H and O–H groups in total. The summed E-state index contributed by atoms with van der Waals surface area (Å²) in [4.78, 5) is 26.8. The fraction of sp³-hybridized carbons (Fsp3) is 0.286. The Morgan fingerprint density at radius 1 is 1.13 bits per heavy atom. The number of primary sulfonamides is 1. The van der Waals surface area contributed by atoms with Crippen LogP contribution >= 0.6 is 0 Å². The predicted octanol–water partition coefficient (Wildman–Crippen LogP) is 3.34. The van der Waals surface area contributed by atoms with Crippen molar-refractivity contribution in [3.63, 3.8) is 0 Å². The molecule has 4 rings (SSSR count). The summed E-state index contributed by atoms with van der Waals surface area (Å²) in [6.45, 7) is 3.23. The summed E-state index contributed by atoms with van der Waals surface area (Å²) < 4.78 is 27.9. The van der Waals surface area contributed by atoms with Crippen molar-refractivity contribution in [2.45, 2.75) is 43.3 Å². The van der Waals surface area contributed by atoms with Crippen LogP contribution in [-0.4, -0.2) is 50.0 Å². The van der Waals surface area contributed by atoms with Crippen LogP contribution in [0.4, 0.5) is 0 Å². The van der Waals surface area contributed by atoms with Crippen LogP contribution in [0.2, 0.25) is 0 Å². The summed E-state index contributed by atoms with van der Waals surface area (Å²) in [6, 6.07) is 18.1. The molecule has 1 amide bonds. The van der Waals surface area contributed by atoms with Crippen LogP contribution in [0.25, 0.3) is 11.1 Å². The van der Waals surface area contributed by atoms with Crippen molar-refractivity contribution in [2.24, 2.45) is 5.14 Å². The van der Waals surface area contributed by atoms with E-state index in [1.807, 2.05) is 31.2 Å². The van der Waals surface area contributed by atoms with E-state index in [2.05, 4.69) is 10.2 Å². The zero-order chi connectivity index (χ0) is 27.4. The highest BCUT2D eigenvalue weighted by Crippen LogP contribution is 2.32. The van der Waals surface area contributed by atoms with E-state index in [1.54, 1.807) is 24.3 Å². The number of hydrogen-bond donors (Lipinski definition) is 3. The number of methoxy groups -OCH3 is 1. The van der Waals surface area contributed by atoms with E-state index in [0.29, 0.717) is 17.7 Å². The second kappa shape index (κ2) is 11.3. The normalized spacial score (nSPS) is 16.7. The van der Waals surface area contributed by atoms with E-state index >= 15 is 0 Å². The zero-order valence-electron chi connectivity index (χ0n) is 21.3. The molecule has 0 bridgehead atoms. The lowest BCUT2D eigenvalue weighted by molar-refractivity contribution is -0.126. The lowest BCUT2D eigenvalue weighted by atomic mass is 10.0. The first-order valence-corrected chi connectivity index (χ1v) is 13.8. The Balaban J connectivity index is 1.44. The maximum atomic E-state index is 13.2. The Morgan fingerprint density at radius 3 is 2.53 bits per heavy atom. The molecule has 1 saturated heterocycles. The van der Waals surface area contributed by atoms with Crippen molar-refractivity contribution in [1.82, 2.24) is 10.2 Å².